The lowest BCUT2D eigenvalue weighted by molar-refractivity contribution is -0.0662. The number of aliphatic hydroxyl groups is 1. The molecular formula is C18H22N2O4S. The van der Waals surface area contributed by atoms with Crippen molar-refractivity contribution in [2.45, 2.75) is 18.4 Å². The summed E-state index contributed by atoms with van der Waals surface area (Å²) in [6, 6.07) is 7.61. The molecule has 0 saturated carbocycles. The third-order valence-electron chi connectivity index (χ3n) is 4.45. The predicted molar refractivity (Wildman–Crippen MR) is 96.1 cm³/mol. The highest BCUT2D eigenvalue weighted by Gasteiger charge is 2.34. The van der Waals surface area contributed by atoms with E-state index in [0.29, 0.717) is 37.4 Å². The Bertz CT molecular complexity index is 721. The number of carbonyl (C=O) groups excluding carboxylic acids is 1. The monoisotopic (exact) mass is 362 g/mol. The summed E-state index contributed by atoms with van der Waals surface area (Å²) in [5.41, 5.74) is 0.131. The number of likely N-dealkylation sites (tertiary alicyclic amines) is 1. The van der Waals surface area contributed by atoms with Crippen LogP contribution >= 0.6 is 11.3 Å². The summed E-state index contributed by atoms with van der Waals surface area (Å²) in [7, 11) is 3.20. The van der Waals surface area contributed by atoms with Gasteiger partial charge in [-0.15, -0.1) is 11.3 Å². The van der Waals surface area contributed by atoms with Crippen LogP contribution in [0.3, 0.4) is 0 Å². The van der Waals surface area contributed by atoms with E-state index >= 15 is 0 Å². The van der Waals surface area contributed by atoms with E-state index in [2.05, 4.69) is 4.98 Å². The van der Waals surface area contributed by atoms with Gasteiger partial charge in [0.05, 0.1) is 25.5 Å². The van der Waals surface area contributed by atoms with Crippen molar-refractivity contribution in [1.82, 2.24) is 9.88 Å². The van der Waals surface area contributed by atoms with E-state index < -0.39 is 5.60 Å². The maximum Gasteiger partial charge on any atom is 0.265 e. The van der Waals surface area contributed by atoms with E-state index in [9.17, 15) is 9.90 Å². The van der Waals surface area contributed by atoms with Crippen LogP contribution in [-0.4, -0.2) is 60.4 Å². The standard InChI is InChI=1S/C18H22N2O4S/c1-23-12-18(22)7-9-20(10-8-18)17(21)15-11-19-16(25-15)13-3-5-14(24-2)6-4-13/h3-6,11,22H,7-10,12H2,1-2H3. The summed E-state index contributed by atoms with van der Waals surface area (Å²) in [5.74, 6) is 0.755. The zero-order valence-electron chi connectivity index (χ0n) is 14.4. The van der Waals surface area contributed by atoms with Gasteiger partial charge in [-0.3, -0.25) is 4.79 Å². The van der Waals surface area contributed by atoms with Crippen LogP contribution in [0.25, 0.3) is 10.6 Å². The number of piperidine rings is 1. The van der Waals surface area contributed by atoms with Gasteiger partial charge >= 0.3 is 0 Å². The largest absolute Gasteiger partial charge is 0.497 e. The second-order valence-electron chi connectivity index (χ2n) is 6.21. The first-order valence-electron chi connectivity index (χ1n) is 8.15. The van der Waals surface area contributed by atoms with Crippen molar-refractivity contribution >= 4 is 17.2 Å². The molecule has 7 heteroatoms. The molecule has 25 heavy (non-hydrogen) atoms. The molecule has 1 N–H and O–H groups in total. The smallest absolute Gasteiger partial charge is 0.265 e. The Morgan fingerprint density at radius 3 is 2.56 bits per heavy atom. The number of methoxy groups -OCH3 is 2. The summed E-state index contributed by atoms with van der Waals surface area (Å²) in [6.45, 7) is 1.35. The number of ether oxygens (including phenoxy) is 2. The zero-order chi connectivity index (χ0) is 17.9. The van der Waals surface area contributed by atoms with Crippen LogP contribution in [0.4, 0.5) is 0 Å². The number of benzene rings is 1. The lowest BCUT2D eigenvalue weighted by Gasteiger charge is -2.37. The van der Waals surface area contributed by atoms with Crippen LogP contribution in [0.5, 0.6) is 5.75 Å². The molecule has 1 aliphatic rings. The molecule has 0 atom stereocenters. The molecule has 2 aromatic rings. The number of aromatic nitrogens is 1. The maximum atomic E-state index is 12.7. The lowest BCUT2D eigenvalue weighted by Crippen LogP contribution is -2.48. The minimum Gasteiger partial charge on any atom is -0.497 e. The Morgan fingerprint density at radius 1 is 1.28 bits per heavy atom. The van der Waals surface area contributed by atoms with Gasteiger partial charge < -0.3 is 19.5 Å². The van der Waals surface area contributed by atoms with Crippen molar-refractivity contribution in [3.05, 3.63) is 35.3 Å². The number of rotatable bonds is 5. The summed E-state index contributed by atoms with van der Waals surface area (Å²) < 4.78 is 10.2. The summed E-state index contributed by atoms with van der Waals surface area (Å²) in [6.07, 6.45) is 2.68. The average Bonchev–Trinajstić information content (AvgIpc) is 3.12. The molecule has 3 rings (SSSR count). The minimum absolute atomic E-state index is 0.0308. The van der Waals surface area contributed by atoms with Gasteiger partial charge in [0.15, 0.2) is 0 Å². The fraction of sp³-hybridized carbons (Fsp3) is 0.444. The lowest BCUT2D eigenvalue weighted by atomic mass is 9.92. The summed E-state index contributed by atoms with van der Waals surface area (Å²) in [4.78, 5) is 19.4. The van der Waals surface area contributed by atoms with Crippen LogP contribution in [0.1, 0.15) is 22.5 Å². The quantitative estimate of drug-likeness (QED) is 0.884. The first-order chi connectivity index (χ1) is 12.0. The molecule has 0 unspecified atom stereocenters. The van der Waals surface area contributed by atoms with Crippen molar-refractivity contribution in [2.75, 3.05) is 33.9 Å². The molecule has 0 spiro atoms. The van der Waals surface area contributed by atoms with Crippen LogP contribution in [0, 0.1) is 0 Å². The molecule has 1 aromatic carbocycles. The number of nitrogens with zero attached hydrogens (tertiary/aromatic N) is 2. The first-order valence-corrected chi connectivity index (χ1v) is 8.97. The second kappa shape index (κ2) is 7.51. The van der Waals surface area contributed by atoms with Crippen molar-refractivity contribution in [2.24, 2.45) is 0 Å². The number of amides is 1. The molecule has 1 saturated heterocycles. The molecule has 1 aromatic heterocycles. The average molecular weight is 362 g/mol. The van der Waals surface area contributed by atoms with Gasteiger partial charge in [-0.05, 0) is 37.1 Å². The number of thiazole rings is 1. The molecule has 1 aliphatic heterocycles. The minimum atomic E-state index is -0.826. The zero-order valence-corrected chi connectivity index (χ0v) is 15.2. The fourth-order valence-electron chi connectivity index (χ4n) is 2.93. The van der Waals surface area contributed by atoms with E-state index in [0.717, 1.165) is 16.3 Å². The van der Waals surface area contributed by atoms with Crippen molar-refractivity contribution in [3.8, 4) is 16.3 Å². The molecule has 2 heterocycles. The van der Waals surface area contributed by atoms with E-state index in [1.165, 1.54) is 11.3 Å². The third-order valence-corrected chi connectivity index (χ3v) is 5.48. The van der Waals surface area contributed by atoms with Gasteiger partial charge in [0.2, 0.25) is 0 Å². The van der Waals surface area contributed by atoms with Gasteiger partial charge in [-0.25, -0.2) is 4.98 Å². The van der Waals surface area contributed by atoms with E-state index in [4.69, 9.17) is 9.47 Å². The molecule has 1 fully saturated rings. The third kappa shape index (κ3) is 4.00. The van der Waals surface area contributed by atoms with Gasteiger partial charge in [-0.2, -0.15) is 0 Å². The molecule has 0 bridgehead atoms. The highest BCUT2D eigenvalue weighted by Crippen LogP contribution is 2.29. The van der Waals surface area contributed by atoms with Crippen molar-refractivity contribution < 1.29 is 19.4 Å². The predicted octanol–water partition coefficient (Wildman–Crippen LogP) is 2.43. The van der Waals surface area contributed by atoms with Gasteiger partial charge in [0, 0.05) is 25.8 Å². The molecule has 0 radical (unpaired) electrons. The van der Waals surface area contributed by atoms with Crippen LogP contribution < -0.4 is 4.74 Å². The SMILES string of the molecule is COCC1(O)CCN(C(=O)c2cnc(-c3ccc(OC)cc3)s2)CC1. The van der Waals surface area contributed by atoms with Gasteiger partial charge in [0.25, 0.3) is 5.91 Å². The normalized spacial score (nSPS) is 16.7. The Hall–Kier alpha value is -1.96. The molecular weight excluding hydrogens is 340 g/mol. The number of hydrogen-bond donors (Lipinski definition) is 1. The van der Waals surface area contributed by atoms with Gasteiger partial charge in [0.1, 0.15) is 15.6 Å². The van der Waals surface area contributed by atoms with Crippen LogP contribution in [0.15, 0.2) is 30.5 Å². The van der Waals surface area contributed by atoms with E-state index in [-0.39, 0.29) is 5.91 Å². The summed E-state index contributed by atoms with van der Waals surface area (Å²) in [5, 5.41) is 11.2. The fourth-order valence-corrected chi connectivity index (χ4v) is 3.82. The van der Waals surface area contributed by atoms with E-state index in [1.54, 1.807) is 25.3 Å². The van der Waals surface area contributed by atoms with Gasteiger partial charge in [-0.1, -0.05) is 0 Å². The number of hydrogen-bond acceptors (Lipinski definition) is 6. The Labute approximate surface area is 151 Å². The molecule has 6 nitrogen and oxygen atoms in total. The van der Waals surface area contributed by atoms with Crippen molar-refractivity contribution in [3.63, 3.8) is 0 Å². The molecule has 0 aliphatic carbocycles. The number of carbonyl (C=O) groups is 1. The second-order valence-corrected chi connectivity index (χ2v) is 7.24. The summed E-state index contributed by atoms with van der Waals surface area (Å²) >= 11 is 1.38. The van der Waals surface area contributed by atoms with Crippen LogP contribution in [-0.2, 0) is 4.74 Å². The van der Waals surface area contributed by atoms with Crippen LogP contribution in [0.2, 0.25) is 0 Å². The highest BCUT2D eigenvalue weighted by molar-refractivity contribution is 7.16. The Morgan fingerprint density at radius 2 is 1.96 bits per heavy atom. The molecule has 134 valence electrons. The topological polar surface area (TPSA) is 71.9 Å². The van der Waals surface area contributed by atoms with E-state index in [1.807, 2.05) is 24.3 Å². The van der Waals surface area contributed by atoms with Crippen molar-refractivity contribution in [1.29, 1.82) is 0 Å². The first kappa shape index (κ1) is 17.8. The Kier molecular flexibility index (Phi) is 5.36. The molecule has 1 amide bonds. The highest BCUT2D eigenvalue weighted by atomic mass is 32.1. The Balaban J connectivity index is 1.67. The maximum absolute atomic E-state index is 12.7.